The number of anilines is 1. The summed E-state index contributed by atoms with van der Waals surface area (Å²) in [6.07, 6.45) is 0.931. The van der Waals surface area contributed by atoms with Crippen molar-refractivity contribution in [3.63, 3.8) is 0 Å². The van der Waals surface area contributed by atoms with Crippen LogP contribution in [0.2, 0.25) is 0 Å². The fourth-order valence-corrected chi connectivity index (χ4v) is 3.12. The molecule has 1 saturated heterocycles. The Morgan fingerprint density at radius 2 is 2.04 bits per heavy atom. The maximum atomic E-state index is 13.6. The second-order valence-corrected chi connectivity index (χ2v) is 6.46. The molecule has 5 heteroatoms. The quantitative estimate of drug-likeness (QED) is 0.795. The smallest absolute Gasteiger partial charge is 0.259 e. The van der Waals surface area contributed by atoms with Crippen LogP contribution in [0.1, 0.15) is 16.8 Å². The second-order valence-electron chi connectivity index (χ2n) is 5.61. The van der Waals surface area contributed by atoms with Crippen molar-refractivity contribution < 1.29 is 13.9 Å². The first-order valence-electron chi connectivity index (χ1n) is 7.55. The summed E-state index contributed by atoms with van der Waals surface area (Å²) in [7, 11) is 0. The lowest BCUT2D eigenvalue weighted by atomic mass is 10.1. The van der Waals surface area contributed by atoms with Crippen LogP contribution in [0.3, 0.4) is 0 Å². The van der Waals surface area contributed by atoms with E-state index in [2.05, 4.69) is 15.9 Å². The van der Waals surface area contributed by atoms with Gasteiger partial charge in [-0.05, 0) is 52.7 Å². The van der Waals surface area contributed by atoms with Crippen molar-refractivity contribution in [2.45, 2.75) is 6.42 Å². The highest BCUT2D eigenvalue weighted by Gasteiger charge is 2.25. The molecule has 3 nitrogen and oxygen atoms in total. The van der Waals surface area contributed by atoms with Crippen LogP contribution >= 0.6 is 15.9 Å². The lowest BCUT2D eigenvalue weighted by Gasteiger charge is -2.26. The third-order valence-corrected chi connectivity index (χ3v) is 4.63. The summed E-state index contributed by atoms with van der Waals surface area (Å²) < 4.78 is 19.6. The third kappa shape index (κ3) is 3.79. The molecule has 0 radical (unpaired) electrons. The Labute approximate surface area is 143 Å². The van der Waals surface area contributed by atoms with Gasteiger partial charge in [0.25, 0.3) is 5.91 Å². The average molecular weight is 378 g/mol. The van der Waals surface area contributed by atoms with E-state index in [1.807, 2.05) is 30.3 Å². The second kappa shape index (κ2) is 7.23. The molecule has 23 heavy (non-hydrogen) atoms. The number of amides is 1. The van der Waals surface area contributed by atoms with Crippen LogP contribution in [-0.2, 0) is 4.74 Å². The van der Waals surface area contributed by atoms with Crippen LogP contribution in [0.25, 0.3) is 0 Å². The molecule has 1 aliphatic heterocycles. The van der Waals surface area contributed by atoms with E-state index in [4.69, 9.17) is 4.74 Å². The van der Waals surface area contributed by atoms with E-state index in [0.29, 0.717) is 29.1 Å². The zero-order valence-electron chi connectivity index (χ0n) is 12.5. The molecule has 0 aliphatic carbocycles. The molecule has 2 aromatic carbocycles. The van der Waals surface area contributed by atoms with Crippen molar-refractivity contribution in [1.29, 1.82) is 0 Å². The first-order chi connectivity index (χ1) is 11.1. The molecule has 1 aliphatic rings. The monoisotopic (exact) mass is 377 g/mol. The number of hydrogen-bond acceptors (Lipinski definition) is 2. The van der Waals surface area contributed by atoms with Gasteiger partial charge < -0.3 is 9.64 Å². The fourth-order valence-electron chi connectivity index (χ4n) is 2.71. The van der Waals surface area contributed by atoms with Crippen LogP contribution in [0.15, 0.2) is 53.0 Å². The molecule has 1 heterocycles. The van der Waals surface area contributed by atoms with Gasteiger partial charge in [-0.3, -0.25) is 4.79 Å². The van der Waals surface area contributed by atoms with Crippen molar-refractivity contribution in [3.8, 4) is 0 Å². The number of hydrogen-bond donors (Lipinski definition) is 0. The van der Waals surface area contributed by atoms with Gasteiger partial charge >= 0.3 is 0 Å². The Morgan fingerprint density at radius 1 is 1.26 bits per heavy atom. The van der Waals surface area contributed by atoms with E-state index in [1.165, 1.54) is 12.1 Å². The number of benzene rings is 2. The van der Waals surface area contributed by atoms with E-state index in [-0.39, 0.29) is 5.91 Å². The predicted octanol–water partition coefficient (Wildman–Crippen LogP) is 4.27. The SMILES string of the molecule is O=C(c1cc(F)ccc1Br)N(CC1CCOC1)c1ccccc1. The summed E-state index contributed by atoms with van der Waals surface area (Å²) in [5, 5.41) is 0. The molecule has 1 unspecified atom stereocenters. The van der Waals surface area contributed by atoms with E-state index >= 15 is 0 Å². The topological polar surface area (TPSA) is 29.5 Å². The molecule has 3 rings (SSSR count). The van der Waals surface area contributed by atoms with Gasteiger partial charge in [0.2, 0.25) is 0 Å². The number of nitrogens with zero attached hydrogens (tertiary/aromatic N) is 1. The van der Waals surface area contributed by atoms with Crippen LogP contribution in [0.5, 0.6) is 0 Å². The Hall–Kier alpha value is -1.72. The van der Waals surface area contributed by atoms with Crippen molar-refractivity contribution in [2.24, 2.45) is 5.92 Å². The predicted molar refractivity (Wildman–Crippen MR) is 91.1 cm³/mol. The number of rotatable bonds is 4. The molecular weight excluding hydrogens is 361 g/mol. The van der Waals surface area contributed by atoms with Gasteiger partial charge in [-0.25, -0.2) is 4.39 Å². The summed E-state index contributed by atoms with van der Waals surface area (Å²) in [5.41, 5.74) is 1.13. The lowest BCUT2D eigenvalue weighted by molar-refractivity contribution is 0.0980. The average Bonchev–Trinajstić information content (AvgIpc) is 3.08. The largest absolute Gasteiger partial charge is 0.381 e. The molecule has 0 spiro atoms. The normalized spacial score (nSPS) is 17.2. The van der Waals surface area contributed by atoms with Gasteiger partial charge in [0, 0.05) is 29.2 Å². The van der Waals surface area contributed by atoms with Crippen molar-refractivity contribution in [3.05, 3.63) is 64.4 Å². The molecule has 0 aromatic heterocycles. The summed E-state index contributed by atoms with van der Waals surface area (Å²) in [6, 6.07) is 13.6. The minimum absolute atomic E-state index is 0.213. The van der Waals surface area contributed by atoms with Gasteiger partial charge in [0.1, 0.15) is 5.82 Å². The number of ether oxygens (including phenoxy) is 1. The maximum absolute atomic E-state index is 13.6. The highest BCUT2D eigenvalue weighted by molar-refractivity contribution is 9.10. The minimum Gasteiger partial charge on any atom is -0.381 e. The lowest BCUT2D eigenvalue weighted by Crippen LogP contribution is -2.36. The minimum atomic E-state index is -0.422. The summed E-state index contributed by atoms with van der Waals surface area (Å²) in [4.78, 5) is 14.7. The summed E-state index contributed by atoms with van der Waals surface area (Å²) in [6.45, 7) is 1.94. The van der Waals surface area contributed by atoms with Gasteiger partial charge in [0.05, 0.1) is 12.2 Å². The summed E-state index contributed by atoms with van der Waals surface area (Å²) >= 11 is 3.35. The molecule has 2 aromatic rings. The Bertz CT molecular complexity index is 687. The molecule has 1 fully saturated rings. The van der Waals surface area contributed by atoms with Gasteiger partial charge in [-0.1, -0.05) is 18.2 Å². The zero-order chi connectivity index (χ0) is 16.2. The first-order valence-corrected chi connectivity index (χ1v) is 8.34. The van der Waals surface area contributed by atoms with E-state index in [1.54, 1.807) is 11.0 Å². The Balaban J connectivity index is 1.93. The van der Waals surface area contributed by atoms with Crippen molar-refractivity contribution in [1.82, 2.24) is 0 Å². The van der Waals surface area contributed by atoms with E-state index in [0.717, 1.165) is 18.7 Å². The van der Waals surface area contributed by atoms with Crippen molar-refractivity contribution >= 4 is 27.5 Å². The number of carbonyl (C=O) groups excluding carboxylic acids is 1. The van der Waals surface area contributed by atoms with E-state index in [9.17, 15) is 9.18 Å². The van der Waals surface area contributed by atoms with E-state index < -0.39 is 5.82 Å². The molecule has 1 atom stereocenters. The highest BCUT2D eigenvalue weighted by atomic mass is 79.9. The fraction of sp³-hybridized carbons (Fsp3) is 0.278. The molecule has 120 valence electrons. The molecular formula is C18H17BrFNO2. The zero-order valence-corrected chi connectivity index (χ0v) is 14.1. The van der Waals surface area contributed by atoms with Gasteiger partial charge in [-0.15, -0.1) is 0 Å². The Morgan fingerprint density at radius 3 is 2.74 bits per heavy atom. The molecule has 1 amide bonds. The summed E-state index contributed by atoms with van der Waals surface area (Å²) in [5.74, 6) is -0.338. The Kier molecular flexibility index (Phi) is 5.08. The van der Waals surface area contributed by atoms with Crippen molar-refractivity contribution in [2.75, 3.05) is 24.7 Å². The third-order valence-electron chi connectivity index (χ3n) is 3.94. The molecule has 0 bridgehead atoms. The van der Waals surface area contributed by atoms with Crippen LogP contribution < -0.4 is 4.90 Å². The standard InChI is InChI=1S/C18H17BrFNO2/c19-17-7-6-14(20)10-16(17)18(22)21(11-13-8-9-23-12-13)15-4-2-1-3-5-15/h1-7,10,13H,8-9,11-12H2. The van der Waals surface area contributed by atoms with Crippen LogP contribution in [0.4, 0.5) is 10.1 Å². The number of para-hydroxylation sites is 1. The van der Waals surface area contributed by atoms with Crippen LogP contribution in [0, 0.1) is 11.7 Å². The van der Waals surface area contributed by atoms with Crippen LogP contribution in [-0.4, -0.2) is 25.7 Å². The van der Waals surface area contributed by atoms with Gasteiger partial charge in [0.15, 0.2) is 0 Å². The number of halogens is 2. The number of carbonyl (C=O) groups is 1. The molecule has 0 saturated carbocycles. The maximum Gasteiger partial charge on any atom is 0.259 e. The molecule has 0 N–H and O–H groups in total. The first kappa shape index (κ1) is 16.1. The van der Waals surface area contributed by atoms with Gasteiger partial charge in [-0.2, -0.15) is 0 Å². The highest BCUT2D eigenvalue weighted by Crippen LogP contribution is 2.25.